The van der Waals surface area contributed by atoms with E-state index in [4.69, 9.17) is 0 Å². The number of hydrogen-bond acceptors (Lipinski definition) is 1. The summed E-state index contributed by atoms with van der Waals surface area (Å²) in [6, 6.07) is 8.37. The first-order chi connectivity index (χ1) is 7.86. The molecule has 0 bridgehead atoms. The smallest absolute Gasteiger partial charge is 0.226 e. The van der Waals surface area contributed by atoms with Gasteiger partial charge in [-0.25, -0.2) is 0 Å². The Morgan fingerprint density at radius 2 is 1.94 bits per heavy atom. The lowest BCUT2D eigenvalue weighted by Crippen LogP contribution is -2.23. The van der Waals surface area contributed by atoms with Gasteiger partial charge in [0.25, 0.3) is 0 Å². The summed E-state index contributed by atoms with van der Waals surface area (Å²) in [4.78, 5) is 13.3. The fraction of sp³-hybridized carbons (Fsp3) is 0.533. The summed E-state index contributed by atoms with van der Waals surface area (Å²) in [6.07, 6.45) is 1.58. The molecule has 1 aromatic rings. The van der Waals surface area contributed by atoms with Crippen molar-refractivity contribution in [3.05, 3.63) is 35.4 Å². The first-order valence-corrected chi connectivity index (χ1v) is 6.16. The Morgan fingerprint density at radius 1 is 1.29 bits per heavy atom. The largest absolute Gasteiger partial charge is 0.349 e. The first-order valence-electron chi connectivity index (χ1n) is 6.16. The molecule has 0 saturated heterocycles. The van der Waals surface area contributed by atoms with Gasteiger partial charge in [-0.3, -0.25) is 4.79 Å². The molecule has 1 amide bonds. The van der Waals surface area contributed by atoms with E-state index in [1.807, 2.05) is 12.1 Å². The van der Waals surface area contributed by atoms with Crippen molar-refractivity contribution in [3.63, 3.8) is 0 Å². The van der Waals surface area contributed by atoms with Gasteiger partial charge in [0.1, 0.15) is 0 Å². The van der Waals surface area contributed by atoms with Gasteiger partial charge in [-0.05, 0) is 23.0 Å². The van der Waals surface area contributed by atoms with Gasteiger partial charge in [0, 0.05) is 14.1 Å². The average Bonchev–Trinajstić information content (AvgIpc) is 2.29. The maximum atomic E-state index is 11.7. The molecule has 0 unspecified atom stereocenters. The molecule has 2 heteroatoms. The Kier molecular flexibility index (Phi) is 4.33. The molecule has 17 heavy (non-hydrogen) atoms. The minimum absolute atomic E-state index is 0.149. The second kappa shape index (κ2) is 5.35. The topological polar surface area (TPSA) is 20.3 Å². The molecule has 0 spiro atoms. The highest BCUT2D eigenvalue weighted by Gasteiger charge is 2.18. The van der Waals surface area contributed by atoms with Crippen LogP contribution >= 0.6 is 0 Å². The average molecular weight is 233 g/mol. The number of carbonyl (C=O) groups excluding carboxylic acids is 1. The number of hydrogen-bond donors (Lipinski definition) is 0. The predicted octanol–water partition coefficient (Wildman–Crippen LogP) is 3.00. The summed E-state index contributed by atoms with van der Waals surface area (Å²) in [5.41, 5.74) is 2.59. The van der Waals surface area contributed by atoms with Gasteiger partial charge in [-0.15, -0.1) is 0 Å². The van der Waals surface area contributed by atoms with Gasteiger partial charge in [-0.2, -0.15) is 0 Å². The molecule has 0 aromatic heterocycles. The molecular formula is C15H23NO. The van der Waals surface area contributed by atoms with Crippen LogP contribution in [0.25, 0.3) is 0 Å². The minimum Gasteiger partial charge on any atom is -0.349 e. The van der Waals surface area contributed by atoms with Gasteiger partial charge in [0.05, 0.1) is 6.42 Å². The van der Waals surface area contributed by atoms with Crippen molar-refractivity contribution in [1.29, 1.82) is 0 Å². The SMILES string of the molecule is CCC(C)(C)c1cccc(CC(=O)N(C)C)c1. The zero-order chi connectivity index (χ0) is 13.1. The van der Waals surface area contributed by atoms with E-state index in [2.05, 4.69) is 32.9 Å². The Labute approximate surface area is 105 Å². The highest BCUT2D eigenvalue weighted by Crippen LogP contribution is 2.27. The number of rotatable bonds is 4. The molecule has 2 nitrogen and oxygen atoms in total. The molecule has 0 saturated carbocycles. The highest BCUT2D eigenvalue weighted by atomic mass is 16.2. The summed E-state index contributed by atoms with van der Waals surface area (Å²) >= 11 is 0. The summed E-state index contributed by atoms with van der Waals surface area (Å²) < 4.78 is 0. The molecule has 0 N–H and O–H groups in total. The van der Waals surface area contributed by atoms with Crippen LogP contribution < -0.4 is 0 Å². The molecule has 1 aromatic carbocycles. The maximum Gasteiger partial charge on any atom is 0.226 e. The van der Waals surface area contributed by atoms with E-state index in [0.717, 1.165) is 12.0 Å². The molecule has 0 aliphatic carbocycles. The standard InChI is InChI=1S/C15H23NO/c1-6-15(2,3)13-9-7-8-12(10-13)11-14(17)16(4)5/h7-10H,6,11H2,1-5H3. The minimum atomic E-state index is 0.149. The van der Waals surface area contributed by atoms with Gasteiger partial charge >= 0.3 is 0 Å². The summed E-state index contributed by atoms with van der Waals surface area (Å²) in [5, 5.41) is 0. The fourth-order valence-electron chi connectivity index (χ4n) is 1.64. The van der Waals surface area contributed by atoms with Crippen LogP contribution in [-0.2, 0) is 16.6 Å². The van der Waals surface area contributed by atoms with E-state index in [1.54, 1.807) is 19.0 Å². The predicted molar refractivity (Wildman–Crippen MR) is 72.2 cm³/mol. The van der Waals surface area contributed by atoms with E-state index in [9.17, 15) is 4.79 Å². The Bertz CT molecular complexity index is 394. The highest BCUT2D eigenvalue weighted by molar-refractivity contribution is 5.78. The van der Waals surface area contributed by atoms with Crippen LogP contribution in [0.5, 0.6) is 0 Å². The maximum absolute atomic E-state index is 11.7. The van der Waals surface area contributed by atoms with Gasteiger partial charge in [0.15, 0.2) is 0 Å². The number of carbonyl (C=O) groups is 1. The second-order valence-corrected chi connectivity index (χ2v) is 5.40. The third kappa shape index (κ3) is 3.58. The van der Waals surface area contributed by atoms with E-state index < -0.39 is 0 Å². The Balaban J connectivity index is 2.90. The Morgan fingerprint density at radius 3 is 2.47 bits per heavy atom. The summed E-state index contributed by atoms with van der Waals surface area (Å²) in [7, 11) is 3.59. The van der Waals surface area contributed by atoms with Crippen molar-refractivity contribution in [3.8, 4) is 0 Å². The Hall–Kier alpha value is -1.31. The molecule has 94 valence electrons. The summed E-state index contributed by atoms with van der Waals surface area (Å²) in [6.45, 7) is 6.66. The number of amides is 1. The van der Waals surface area contributed by atoms with Crippen molar-refractivity contribution in [2.45, 2.75) is 39.0 Å². The molecule has 0 atom stereocenters. The van der Waals surface area contributed by atoms with Crippen LogP contribution in [0.3, 0.4) is 0 Å². The van der Waals surface area contributed by atoms with E-state index in [0.29, 0.717) is 6.42 Å². The zero-order valence-electron chi connectivity index (χ0n) is 11.6. The molecule has 0 aliphatic heterocycles. The molecule has 0 heterocycles. The third-order valence-electron chi connectivity index (χ3n) is 3.45. The lowest BCUT2D eigenvalue weighted by molar-refractivity contribution is -0.127. The quantitative estimate of drug-likeness (QED) is 0.783. The van der Waals surface area contributed by atoms with E-state index in [1.165, 1.54) is 5.56 Å². The van der Waals surface area contributed by atoms with Crippen LogP contribution in [0.1, 0.15) is 38.3 Å². The van der Waals surface area contributed by atoms with Crippen LogP contribution in [0.2, 0.25) is 0 Å². The molecule has 0 radical (unpaired) electrons. The number of likely N-dealkylation sites (N-methyl/N-ethyl adjacent to an activating group) is 1. The van der Waals surface area contributed by atoms with Crippen LogP contribution in [0.4, 0.5) is 0 Å². The van der Waals surface area contributed by atoms with Crippen molar-refractivity contribution < 1.29 is 4.79 Å². The number of benzene rings is 1. The monoisotopic (exact) mass is 233 g/mol. The van der Waals surface area contributed by atoms with Crippen molar-refractivity contribution in [1.82, 2.24) is 4.90 Å². The second-order valence-electron chi connectivity index (χ2n) is 5.40. The van der Waals surface area contributed by atoms with E-state index in [-0.39, 0.29) is 11.3 Å². The molecular weight excluding hydrogens is 210 g/mol. The normalized spacial score (nSPS) is 11.4. The fourth-order valence-corrected chi connectivity index (χ4v) is 1.64. The van der Waals surface area contributed by atoms with Crippen molar-refractivity contribution in [2.24, 2.45) is 0 Å². The lowest BCUT2D eigenvalue weighted by Gasteiger charge is -2.24. The van der Waals surface area contributed by atoms with Gasteiger partial charge in [-0.1, -0.05) is 45.0 Å². The lowest BCUT2D eigenvalue weighted by atomic mass is 9.81. The zero-order valence-corrected chi connectivity index (χ0v) is 11.6. The molecule has 0 aliphatic rings. The van der Waals surface area contributed by atoms with Gasteiger partial charge in [0.2, 0.25) is 5.91 Å². The van der Waals surface area contributed by atoms with Gasteiger partial charge < -0.3 is 4.90 Å². The van der Waals surface area contributed by atoms with Crippen LogP contribution in [0.15, 0.2) is 24.3 Å². The number of nitrogens with zero attached hydrogens (tertiary/aromatic N) is 1. The first kappa shape index (κ1) is 13.8. The molecule has 1 rings (SSSR count). The van der Waals surface area contributed by atoms with Crippen LogP contribution in [0, 0.1) is 0 Å². The molecule has 0 fully saturated rings. The van der Waals surface area contributed by atoms with Crippen molar-refractivity contribution in [2.75, 3.05) is 14.1 Å². The van der Waals surface area contributed by atoms with Crippen molar-refractivity contribution >= 4 is 5.91 Å². The third-order valence-corrected chi connectivity index (χ3v) is 3.45. The summed E-state index contributed by atoms with van der Waals surface area (Å²) in [5.74, 6) is 0.149. The van der Waals surface area contributed by atoms with E-state index >= 15 is 0 Å². The van der Waals surface area contributed by atoms with Crippen LogP contribution in [-0.4, -0.2) is 24.9 Å².